The molecule has 0 unspecified atom stereocenters. The van der Waals surface area contributed by atoms with Crippen LogP contribution in [0.15, 0.2) is 30.5 Å². The van der Waals surface area contributed by atoms with Gasteiger partial charge < -0.3 is 10.1 Å². The maximum atomic E-state index is 13.5. The largest absolute Gasteiger partial charge is 0.446 e. The number of carbonyl (C=O) groups is 2. The molecule has 2 aromatic heterocycles. The fraction of sp³-hybridized carbons (Fsp3) is 0.500. The van der Waals surface area contributed by atoms with Crippen LogP contribution in [0.2, 0.25) is 5.15 Å². The number of hydrogen-bond acceptors (Lipinski definition) is 5. The molecule has 0 radical (unpaired) electrons. The quantitative estimate of drug-likeness (QED) is 0.683. The Morgan fingerprint density at radius 1 is 1.16 bits per heavy atom. The minimum Gasteiger partial charge on any atom is -0.446 e. The molecule has 0 aromatic carbocycles. The van der Waals surface area contributed by atoms with Crippen molar-refractivity contribution in [2.24, 2.45) is 5.41 Å². The Morgan fingerprint density at radius 3 is 2.66 bits per heavy atom. The molecule has 8 heteroatoms. The van der Waals surface area contributed by atoms with Crippen molar-refractivity contribution in [2.45, 2.75) is 62.9 Å². The molecule has 0 atom stereocenters. The normalized spacial score (nSPS) is 22.0. The van der Waals surface area contributed by atoms with E-state index < -0.39 is 5.41 Å². The average molecular weight is 453 g/mol. The zero-order chi connectivity index (χ0) is 21.9. The Kier molecular flexibility index (Phi) is 4.47. The molecule has 3 heterocycles. The summed E-state index contributed by atoms with van der Waals surface area (Å²) >= 11 is 5.88. The maximum Gasteiger partial charge on any atom is 0.414 e. The van der Waals surface area contributed by atoms with Crippen LogP contribution in [0.5, 0.6) is 0 Å². The molecular weight excluding hydrogens is 428 g/mol. The van der Waals surface area contributed by atoms with Gasteiger partial charge in [-0.3, -0.25) is 14.7 Å². The average Bonchev–Trinajstić information content (AvgIpc) is 3.69. The van der Waals surface area contributed by atoms with E-state index in [0.717, 1.165) is 55.6 Å². The van der Waals surface area contributed by atoms with Crippen LogP contribution in [-0.2, 0) is 21.4 Å². The van der Waals surface area contributed by atoms with E-state index in [1.807, 2.05) is 12.1 Å². The second-order valence-corrected chi connectivity index (χ2v) is 10.1. The number of amides is 2. The molecule has 3 aliphatic carbocycles. The Balaban J connectivity index is 1.29. The first-order valence-corrected chi connectivity index (χ1v) is 11.8. The van der Waals surface area contributed by atoms with Crippen molar-refractivity contribution in [2.75, 3.05) is 16.8 Å². The van der Waals surface area contributed by atoms with Gasteiger partial charge in [-0.15, -0.1) is 0 Å². The van der Waals surface area contributed by atoms with Crippen LogP contribution in [0.4, 0.5) is 16.2 Å². The standard InChI is InChI=1S/C24H25ClN4O3/c25-20-8-3-15(12-26-20)27-21(30)24(13-23(14-24)9-10-23)19-7-6-18-17(28-19)2-1-11-29(18)22(31)32-16-4-5-16/h3,6-8,12,16H,1-2,4-5,9-11,13-14H2,(H,27,30). The first-order chi connectivity index (χ1) is 15.5. The third-order valence-corrected chi connectivity index (χ3v) is 7.49. The van der Waals surface area contributed by atoms with Crippen LogP contribution in [0.1, 0.15) is 56.3 Å². The van der Waals surface area contributed by atoms with Crippen molar-refractivity contribution in [3.8, 4) is 0 Å². The van der Waals surface area contributed by atoms with Gasteiger partial charge in [-0.25, -0.2) is 9.78 Å². The summed E-state index contributed by atoms with van der Waals surface area (Å²) in [4.78, 5) is 36.8. The number of anilines is 2. The number of aromatic nitrogens is 2. The second-order valence-electron chi connectivity index (χ2n) is 9.76. The van der Waals surface area contributed by atoms with E-state index >= 15 is 0 Å². The van der Waals surface area contributed by atoms with E-state index in [-0.39, 0.29) is 18.1 Å². The van der Waals surface area contributed by atoms with Gasteiger partial charge in [0.1, 0.15) is 11.3 Å². The summed E-state index contributed by atoms with van der Waals surface area (Å²) in [6.07, 6.45) is 8.86. The highest BCUT2D eigenvalue weighted by molar-refractivity contribution is 6.29. The van der Waals surface area contributed by atoms with Crippen molar-refractivity contribution < 1.29 is 14.3 Å². The Bertz CT molecular complexity index is 1090. The molecule has 6 rings (SSSR count). The number of aryl methyl sites for hydroxylation is 1. The van der Waals surface area contributed by atoms with Crippen molar-refractivity contribution >= 4 is 35.0 Å². The number of nitrogens with one attached hydrogen (secondary N) is 1. The van der Waals surface area contributed by atoms with Crippen LogP contribution < -0.4 is 10.2 Å². The van der Waals surface area contributed by atoms with Gasteiger partial charge in [-0.2, -0.15) is 0 Å². The van der Waals surface area contributed by atoms with Gasteiger partial charge in [-0.05, 0) is 81.0 Å². The highest BCUT2D eigenvalue weighted by Crippen LogP contribution is 2.69. The summed E-state index contributed by atoms with van der Waals surface area (Å²) in [6.45, 7) is 0.637. The lowest BCUT2D eigenvalue weighted by atomic mass is 9.57. The highest BCUT2D eigenvalue weighted by Gasteiger charge is 2.65. The predicted molar refractivity (Wildman–Crippen MR) is 120 cm³/mol. The van der Waals surface area contributed by atoms with Gasteiger partial charge in [-0.1, -0.05) is 11.6 Å². The van der Waals surface area contributed by atoms with E-state index in [4.69, 9.17) is 21.3 Å². The van der Waals surface area contributed by atoms with E-state index in [1.54, 1.807) is 23.2 Å². The number of hydrogen-bond donors (Lipinski definition) is 1. The summed E-state index contributed by atoms with van der Waals surface area (Å²) in [7, 11) is 0. The fourth-order valence-electron chi connectivity index (χ4n) is 5.21. The lowest BCUT2D eigenvalue weighted by Gasteiger charge is -2.47. The molecular formula is C24H25ClN4O3. The Morgan fingerprint density at radius 2 is 1.97 bits per heavy atom. The molecule has 166 valence electrons. The third-order valence-electron chi connectivity index (χ3n) is 7.27. The Hall–Kier alpha value is -2.67. The van der Waals surface area contributed by atoms with E-state index in [0.29, 0.717) is 22.8 Å². The molecule has 0 bridgehead atoms. The molecule has 3 fully saturated rings. The summed E-state index contributed by atoms with van der Waals surface area (Å²) in [6, 6.07) is 7.30. The number of ether oxygens (including phenoxy) is 1. The van der Waals surface area contributed by atoms with Crippen LogP contribution in [0.3, 0.4) is 0 Å². The van der Waals surface area contributed by atoms with Crippen molar-refractivity contribution in [1.82, 2.24) is 9.97 Å². The van der Waals surface area contributed by atoms with Gasteiger partial charge in [0.05, 0.1) is 34.4 Å². The van der Waals surface area contributed by atoms with Gasteiger partial charge in [0, 0.05) is 6.54 Å². The van der Waals surface area contributed by atoms with Crippen molar-refractivity contribution in [3.63, 3.8) is 0 Å². The molecule has 32 heavy (non-hydrogen) atoms. The van der Waals surface area contributed by atoms with Crippen LogP contribution >= 0.6 is 11.6 Å². The number of rotatable bonds is 4. The minimum atomic E-state index is -0.651. The number of fused-ring (bicyclic) bond motifs is 1. The minimum absolute atomic E-state index is 0.0487. The number of carbonyl (C=O) groups excluding carboxylic acids is 2. The summed E-state index contributed by atoms with van der Waals surface area (Å²) in [5.74, 6) is -0.0487. The second kappa shape index (κ2) is 7.17. The highest BCUT2D eigenvalue weighted by atomic mass is 35.5. The van der Waals surface area contributed by atoms with Crippen LogP contribution in [-0.4, -0.2) is 34.6 Å². The van der Waals surface area contributed by atoms with Gasteiger partial charge >= 0.3 is 6.09 Å². The first kappa shape index (κ1) is 20.0. The summed E-state index contributed by atoms with van der Waals surface area (Å²) in [5.41, 5.74) is 2.75. The Labute approximate surface area is 191 Å². The molecule has 0 saturated heterocycles. The first-order valence-electron chi connectivity index (χ1n) is 11.4. The van der Waals surface area contributed by atoms with Crippen molar-refractivity contribution in [3.05, 3.63) is 47.0 Å². The van der Waals surface area contributed by atoms with E-state index in [1.165, 1.54) is 12.8 Å². The van der Waals surface area contributed by atoms with E-state index in [9.17, 15) is 9.59 Å². The summed E-state index contributed by atoms with van der Waals surface area (Å²) < 4.78 is 5.52. The number of halogens is 1. The molecule has 1 spiro atoms. The SMILES string of the molecule is O=C(OC1CC1)N1CCCc2nc(C3(C(=O)Nc4ccc(Cl)nc4)CC4(CC4)C3)ccc21. The predicted octanol–water partition coefficient (Wildman–Crippen LogP) is 4.63. The monoisotopic (exact) mass is 452 g/mol. The zero-order valence-corrected chi connectivity index (χ0v) is 18.5. The lowest BCUT2D eigenvalue weighted by Crippen LogP contribution is -2.52. The number of pyridine rings is 2. The van der Waals surface area contributed by atoms with Gasteiger partial charge in [0.2, 0.25) is 5.91 Å². The fourth-order valence-corrected chi connectivity index (χ4v) is 5.33. The van der Waals surface area contributed by atoms with Crippen LogP contribution in [0.25, 0.3) is 0 Å². The van der Waals surface area contributed by atoms with Crippen LogP contribution in [0, 0.1) is 5.41 Å². The van der Waals surface area contributed by atoms with Gasteiger partial charge in [0.15, 0.2) is 0 Å². The summed E-state index contributed by atoms with van der Waals surface area (Å²) in [5, 5.41) is 3.42. The third kappa shape index (κ3) is 3.43. The molecule has 1 aliphatic heterocycles. The molecule has 2 aromatic rings. The smallest absolute Gasteiger partial charge is 0.414 e. The molecule has 3 saturated carbocycles. The lowest BCUT2D eigenvalue weighted by molar-refractivity contribution is -0.127. The maximum absolute atomic E-state index is 13.5. The molecule has 1 N–H and O–H groups in total. The van der Waals surface area contributed by atoms with Gasteiger partial charge in [0.25, 0.3) is 0 Å². The van der Waals surface area contributed by atoms with Crippen molar-refractivity contribution in [1.29, 1.82) is 0 Å². The molecule has 2 amide bonds. The number of nitrogens with zero attached hydrogens (tertiary/aromatic N) is 3. The topological polar surface area (TPSA) is 84.4 Å². The molecule has 4 aliphatic rings. The zero-order valence-electron chi connectivity index (χ0n) is 17.8. The van der Waals surface area contributed by atoms with E-state index in [2.05, 4.69) is 10.3 Å². The molecule has 7 nitrogen and oxygen atoms in total.